The lowest BCUT2D eigenvalue weighted by molar-refractivity contribution is -0.118. The molecule has 0 bridgehead atoms. The lowest BCUT2D eigenvalue weighted by Crippen LogP contribution is -2.27. The molecule has 1 aliphatic rings. The first-order valence-corrected chi connectivity index (χ1v) is 11.8. The Morgan fingerprint density at radius 2 is 2.29 bits per heavy atom. The van der Waals surface area contributed by atoms with Gasteiger partial charge < -0.3 is 5.32 Å². The summed E-state index contributed by atoms with van der Waals surface area (Å²) in [6.45, 7) is 11.3. The minimum Gasteiger partial charge on any atom is -0.352 e. The van der Waals surface area contributed by atoms with E-state index in [0.29, 0.717) is 30.1 Å². The molecular formula is C21H29N3O2S2. The highest BCUT2D eigenvalue weighted by atomic mass is 32.2. The van der Waals surface area contributed by atoms with Gasteiger partial charge in [0.2, 0.25) is 5.91 Å². The second kappa shape index (κ2) is 9.27. The number of carbonyl (C=O) groups excluding carboxylic acids is 1. The molecule has 7 heteroatoms. The van der Waals surface area contributed by atoms with E-state index >= 15 is 0 Å². The molecule has 1 aliphatic carbocycles. The Morgan fingerprint density at radius 3 is 3.00 bits per heavy atom. The predicted octanol–water partition coefficient (Wildman–Crippen LogP) is 4.02. The second-order valence-electron chi connectivity index (χ2n) is 7.95. The quantitative estimate of drug-likeness (QED) is 0.399. The largest absolute Gasteiger partial charge is 0.352 e. The third-order valence-corrected chi connectivity index (χ3v) is 7.21. The van der Waals surface area contributed by atoms with Crippen LogP contribution in [0.3, 0.4) is 0 Å². The third-order valence-electron chi connectivity index (χ3n) is 5.09. The van der Waals surface area contributed by atoms with Crippen LogP contribution in [-0.2, 0) is 24.2 Å². The van der Waals surface area contributed by atoms with E-state index in [0.717, 1.165) is 35.9 Å². The highest BCUT2D eigenvalue weighted by molar-refractivity contribution is 7.99. The van der Waals surface area contributed by atoms with Crippen molar-refractivity contribution in [3.05, 3.63) is 33.4 Å². The topological polar surface area (TPSA) is 64.0 Å². The van der Waals surface area contributed by atoms with Crippen molar-refractivity contribution in [2.45, 2.75) is 58.2 Å². The monoisotopic (exact) mass is 419 g/mol. The van der Waals surface area contributed by atoms with Crippen LogP contribution in [0.4, 0.5) is 0 Å². The van der Waals surface area contributed by atoms with Gasteiger partial charge in [-0.1, -0.05) is 38.6 Å². The highest BCUT2D eigenvalue weighted by Gasteiger charge is 2.25. The molecule has 0 aromatic carbocycles. The molecular weight excluding hydrogens is 390 g/mol. The molecule has 0 aliphatic heterocycles. The van der Waals surface area contributed by atoms with Crippen LogP contribution in [0.25, 0.3) is 10.2 Å². The Bertz CT molecular complexity index is 930. The molecule has 0 saturated heterocycles. The smallest absolute Gasteiger partial charge is 0.263 e. The molecule has 0 spiro atoms. The average molecular weight is 420 g/mol. The van der Waals surface area contributed by atoms with Crippen LogP contribution in [0.15, 0.2) is 22.6 Å². The van der Waals surface area contributed by atoms with Crippen LogP contribution in [0.2, 0.25) is 0 Å². The van der Waals surface area contributed by atoms with Crippen molar-refractivity contribution in [1.29, 1.82) is 0 Å². The first-order chi connectivity index (χ1) is 13.4. The molecule has 0 saturated carbocycles. The Balaban J connectivity index is 1.98. The number of nitrogens with zero attached hydrogens (tertiary/aromatic N) is 2. The summed E-state index contributed by atoms with van der Waals surface area (Å²) in [5.74, 6) is 1.32. The maximum absolute atomic E-state index is 13.4. The van der Waals surface area contributed by atoms with Crippen LogP contribution in [0.1, 0.15) is 44.1 Å². The summed E-state index contributed by atoms with van der Waals surface area (Å²) in [4.78, 5) is 32.4. The molecule has 0 radical (unpaired) electrons. The van der Waals surface area contributed by atoms with Crippen molar-refractivity contribution in [1.82, 2.24) is 14.9 Å². The molecule has 1 amide bonds. The summed E-state index contributed by atoms with van der Waals surface area (Å²) >= 11 is 3.01. The Morgan fingerprint density at radius 1 is 1.50 bits per heavy atom. The zero-order valence-corrected chi connectivity index (χ0v) is 18.5. The van der Waals surface area contributed by atoms with Gasteiger partial charge in [0, 0.05) is 18.0 Å². The van der Waals surface area contributed by atoms with Gasteiger partial charge in [-0.3, -0.25) is 14.2 Å². The van der Waals surface area contributed by atoms with Crippen molar-refractivity contribution in [3.8, 4) is 0 Å². The molecule has 28 heavy (non-hydrogen) atoms. The van der Waals surface area contributed by atoms with Gasteiger partial charge in [-0.25, -0.2) is 4.98 Å². The summed E-state index contributed by atoms with van der Waals surface area (Å²) in [6.07, 6.45) is 5.70. The molecule has 2 aromatic heterocycles. The van der Waals surface area contributed by atoms with Crippen LogP contribution in [0.5, 0.6) is 0 Å². The molecule has 1 atom stereocenters. The van der Waals surface area contributed by atoms with E-state index in [-0.39, 0.29) is 17.2 Å². The Labute approximate surface area is 174 Å². The lowest BCUT2D eigenvalue weighted by atomic mass is 9.89. The lowest BCUT2D eigenvalue weighted by Gasteiger charge is -2.18. The van der Waals surface area contributed by atoms with Crippen molar-refractivity contribution < 1.29 is 4.79 Å². The minimum atomic E-state index is -0.0750. The standard InChI is InChI=1S/C21H29N3O2S2/c1-5-9-22-17(25)12-27-21-23-19-18(20(26)24(21)10-8-13(2)3)15-7-6-14(4)11-16(15)28-19/h5,13-14H,1,6-12H2,2-4H3,(H,22,25)/t14-/m1/s1. The van der Waals surface area contributed by atoms with Gasteiger partial charge >= 0.3 is 0 Å². The first kappa shape index (κ1) is 21.1. The number of fused-ring (bicyclic) bond motifs is 3. The van der Waals surface area contributed by atoms with E-state index in [2.05, 4.69) is 32.7 Å². The van der Waals surface area contributed by atoms with Crippen molar-refractivity contribution in [2.24, 2.45) is 11.8 Å². The van der Waals surface area contributed by atoms with Crippen molar-refractivity contribution in [2.75, 3.05) is 12.3 Å². The van der Waals surface area contributed by atoms with E-state index < -0.39 is 0 Å². The first-order valence-electron chi connectivity index (χ1n) is 9.96. The normalized spacial score (nSPS) is 16.4. The fourth-order valence-electron chi connectivity index (χ4n) is 3.47. The van der Waals surface area contributed by atoms with Crippen molar-refractivity contribution in [3.63, 3.8) is 0 Å². The SMILES string of the molecule is C=CCNC(=O)CSc1nc2sc3c(c2c(=O)n1CCC(C)C)CC[C@@H](C)C3. The fourth-order valence-corrected chi connectivity index (χ4v) is 5.75. The molecule has 152 valence electrons. The van der Waals surface area contributed by atoms with Gasteiger partial charge in [-0.05, 0) is 43.1 Å². The highest BCUT2D eigenvalue weighted by Crippen LogP contribution is 2.36. The van der Waals surface area contributed by atoms with Crippen molar-refractivity contribution >= 4 is 39.2 Å². The van der Waals surface area contributed by atoms with Gasteiger partial charge in [0.1, 0.15) is 4.83 Å². The summed E-state index contributed by atoms with van der Waals surface area (Å²) in [6, 6.07) is 0. The number of nitrogens with one attached hydrogen (secondary N) is 1. The molecule has 0 fully saturated rings. The zero-order valence-electron chi connectivity index (χ0n) is 16.9. The van der Waals surface area contributed by atoms with Gasteiger partial charge in [0.25, 0.3) is 5.56 Å². The maximum Gasteiger partial charge on any atom is 0.263 e. The number of hydrogen-bond acceptors (Lipinski definition) is 5. The summed E-state index contributed by atoms with van der Waals surface area (Å²) < 4.78 is 1.79. The number of hydrogen-bond donors (Lipinski definition) is 1. The number of amides is 1. The summed E-state index contributed by atoms with van der Waals surface area (Å²) in [5, 5.41) is 4.25. The number of aromatic nitrogens is 2. The predicted molar refractivity (Wildman–Crippen MR) is 118 cm³/mol. The van der Waals surface area contributed by atoms with Crippen LogP contribution in [0, 0.1) is 11.8 Å². The van der Waals surface area contributed by atoms with Gasteiger partial charge in [-0.2, -0.15) is 0 Å². The van der Waals surface area contributed by atoms with E-state index in [4.69, 9.17) is 4.98 Å². The number of thiophene rings is 1. The molecule has 2 aromatic rings. The zero-order chi connectivity index (χ0) is 20.3. The summed E-state index contributed by atoms with van der Waals surface area (Å²) in [7, 11) is 0. The number of carbonyl (C=O) groups is 1. The number of aryl methyl sites for hydroxylation is 1. The van der Waals surface area contributed by atoms with E-state index in [1.165, 1.54) is 22.2 Å². The number of thioether (sulfide) groups is 1. The molecule has 3 rings (SSSR count). The van der Waals surface area contributed by atoms with E-state index in [9.17, 15) is 9.59 Å². The second-order valence-corrected chi connectivity index (χ2v) is 9.97. The third kappa shape index (κ3) is 4.69. The van der Waals surface area contributed by atoms with Gasteiger partial charge in [0.05, 0.1) is 11.1 Å². The fraction of sp³-hybridized carbons (Fsp3) is 0.571. The maximum atomic E-state index is 13.4. The van der Waals surface area contributed by atoms with Crippen LogP contribution in [-0.4, -0.2) is 27.8 Å². The average Bonchev–Trinajstić information content (AvgIpc) is 3.01. The molecule has 1 N–H and O–H groups in total. The minimum absolute atomic E-state index is 0.0618. The Hall–Kier alpha value is -1.60. The van der Waals surface area contributed by atoms with Crippen LogP contribution < -0.4 is 10.9 Å². The van der Waals surface area contributed by atoms with Gasteiger partial charge in [0.15, 0.2) is 5.16 Å². The van der Waals surface area contributed by atoms with E-state index in [1.54, 1.807) is 22.0 Å². The molecule has 2 heterocycles. The number of rotatable bonds is 8. The molecule has 0 unspecified atom stereocenters. The van der Waals surface area contributed by atoms with Gasteiger partial charge in [-0.15, -0.1) is 17.9 Å². The molecule has 5 nitrogen and oxygen atoms in total. The van der Waals surface area contributed by atoms with Crippen LogP contribution >= 0.6 is 23.1 Å². The summed E-state index contributed by atoms with van der Waals surface area (Å²) in [5.41, 5.74) is 1.28. The Kier molecular flexibility index (Phi) is 6.99. The van der Waals surface area contributed by atoms with E-state index in [1.807, 2.05) is 0 Å².